The van der Waals surface area contributed by atoms with Crippen molar-refractivity contribution in [2.75, 3.05) is 23.7 Å². The summed E-state index contributed by atoms with van der Waals surface area (Å²) < 4.78 is 0. The van der Waals surface area contributed by atoms with Crippen molar-refractivity contribution in [1.82, 2.24) is 9.97 Å². The Morgan fingerprint density at radius 1 is 1.27 bits per heavy atom. The highest BCUT2D eigenvalue weighted by atomic mass is 35.5. The summed E-state index contributed by atoms with van der Waals surface area (Å²) in [5.41, 5.74) is 7.21. The molecule has 2 heterocycles. The van der Waals surface area contributed by atoms with Crippen LogP contribution in [0.4, 0.5) is 11.6 Å². The molecule has 1 saturated heterocycles. The second kappa shape index (κ2) is 6.29. The minimum Gasteiger partial charge on any atom is -0.382 e. The van der Waals surface area contributed by atoms with Crippen molar-refractivity contribution in [1.29, 1.82) is 5.26 Å². The van der Waals surface area contributed by atoms with Gasteiger partial charge in [-0.3, -0.25) is 0 Å². The third-order valence-corrected chi connectivity index (χ3v) is 6.41. The molecule has 7 heteroatoms. The first-order valence-electron chi connectivity index (χ1n) is 8.63. The van der Waals surface area contributed by atoms with E-state index in [2.05, 4.69) is 27.9 Å². The summed E-state index contributed by atoms with van der Waals surface area (Å²) >= 11 is 12.4. The summed E-state index contributed by atoms with van der Waals surface area (Å²) in [6.45, 7) is 3.86. The SMILES string of the molecule is CC1(C#N)C[C@H]2CN(c3cnc(-c4cccc(Cl)c4Cl)c(N)n3)C[C@H]2C1. The minimum atomic E-state index is -0.181. The van der Waals surface area contributed by atoms with Gasteiger partial charge in [0.1, 0.15) is 11.5 Å². The van der Waals surface area contributed by atoms with Gasteiger partial charge in [0, 0.05) is 18.7 Å². The van der Waals surface area contributed by atoms with Gasteiger partial charge in [0.05, 0.1) is 27.7 Å². The molecule has 2 N–H and O–H groups in total. The van der Waals surface area contributed by atoms with E-state index in [1.54, 1.807) is 12.3 Å². The Kier molecular flexibility index (Phi) is 4.21. The maximum Gasteiger partial charge on any atom is 0.152 e. The number of anilines is 2. The van der Waals surface area contributed by atoms with E-state index in [0.29, 0.717) is 39.0 Å². The molecule has 26 heavy (non-hydrogen) atoms. The molecule has 2 fully saturated rings. The van der Waals surface area contributed by atoms with Crippen LogP contribution in [0.5, 0.6) is 0 Å². The maximum atomic E-state index is 9.36. The molecule has 1 aliphatic heterocycles. The lowest BCUT2D eigenvalue weighted by molar-refractivity contribution is 0.423. The Morgan fingerprint density at radius 2 is 1.96 bits per heavy atom. The standard InChI is InChI=1S/C19H19Cl2N5/c1-19(10-22)5-11-8-26(9-12(11)6-19)15-7-24-17(18(23)25-15)13-3-2-4-14(20)16(13)21/h2-4,7,11-12H,5-6,8-9H2,1H3,(H2,23,25)/t11-,12+,19?. The largest absolute Gasteiger partial charge is 0.382 e. The van der Waals surface area contributed by atoms with Crippen molar-refractivity contribution in [3.63, 3.8) is 0 Å². The van der Waals surface area contributed by atoms with Crippen molar-refractivity contribution in [2.45, 2.75) is 19.8 Å². The van der Waals surface area contributed by atoms with Crippen LogP contribution in [0.1, 0.15) is 19.8 Å². The fourth-order valence-electron chi connectivity index (χ4n) is 4.36. The van der Waals surface area contributed by atoms with E-state index in [0.717, 1.165) is 31.7 Å². The fourth-order valence-corrected chi connectivity index (χ4v) is 4.75. The zero-order valence-electron chi connectivity index (χ0n) is 14.4. The molecule has 1 aliphatic carbocycles. The van der Waals surface area contributed by atoms with Gasteiger partial charge in [-0.2, -0.15) is 5.26 Å². The first kappa shape index (κ1) is 17.4. The van der Waals surface area contributed by atoms with Crippen LogP contribution in [-0.4, -0.2) is 23.1 Å². The van der Waals surface area contributed by atoms with Gasteiger partial charge in [-0.15, -0.1) is 0 Å². The molecule has 4 rings (SSSR count). The Morgan fingerprint density at radius 3 is 2.58 bits per heavy atom. The Balaban J connectivity index is 1.57. The molecular weight excluding hydrogens is 369 g/mol. The van der Waals surface area contributed by atoms with E-state index in [-0.39, 0.29) is 5.41 Å². The van der Waals surface area contributed by atoms with Crippen LogP contribution in [0.15, 0.2) is 24.4 Å². The zero-order chi connectivity index (χ0) is 18.5. The maximum absolute atomic E-state index is 9.36. The van der Waals surface area contributed by atoms with Crippen LogP contribution < -0.4 is 10.6 Å². The van der Waals surface area contributed by atoms with Crippen molar-refractivity contribution < 1.29 is 0 Å². The second-order valence-electron chi connectivity index (χ2n) is 7.57. The smallest absolute Gasteiger partial charge is 0.152 e. The van der Waals surface area contributed by atoms with Crippen molar-refractivity contribution in [3.05, 3.63) is 34.4 Å². The van der Waals surface area contributed by atoms with E-state index in [1.807, 2.05) is 12.1 Å². The van der Waals surface area contributed by atoms with Gasteiger partial charge >= 0.3 is 0 Å². The van der Waals surface area contributed by atoms with Crippen LogP contribution >= 0.6 is 23.2 Å². The summed E-state index contributed by atoms with van der Waals surface area (Å²) in [6.07, 6.45) is 3.64. The number of hydrogen-bond donors (Lipinski definition) is 1. The van der Waals surface area contributed by atoms with E-state index in [9.17, 15) is 5.26 Å². The lowest BCUT2D eigenvalue weighted by Gasteiger charge is -2.22. The summed E-state index contributed by atoms with van der Waals surface area (Å²) in [4.78, 5) is 11.3. The normalized spacial score (nSPS) is 27.4. The molecule has 2 aromatic rings. The highest BCUT2D eigenvalue weighted by molar-refractivity contribution is 6.43. The van der Waals surface area contributed by atoms with Crippen LogP contribution in [0.25, 0.3) is 11.3 Å². The number of nitrogens with zero attached hydrogens (tertiary/aromatic N) is 4. The summed E-state index contributed by atoms with van der Waals surface area (Å²) in [5, 5.41) is 10.2. The molecule has 0 spiro atoms. The third-order valence-electron chi connectivity index (χ3n) is 5.59. The van der Waals surface area contributed by atoms with E-state index in [4.69, 9.17) is 28.9 Å². The number of hydrogen-bond acceptors (Lipinski definition) is 5. The van der Waals surface area contributed by atoms with Gasteiger partial charge in [-0.05, 0) is 37.7 Å². The van der Waals surface area contributed by atoms with Crippen LogP contribution in [0.3, 0.4) is 0 Å². The second-order valence-corrected chi connectivity index (χ2v) is 8.35. The molecule has 3 atom stereocenters. The molecule has 0 amide bonds. The number of aromatic nitrogens is 2. The van der Waals surface area contributed by atoms with E-state index < -0.39 is 0 Å². The monoisotopic (exact) mass is 387 g/mol. The molecule has 134 valence electrons. The predicted molar refractivity (Wildman–Crippen MR) is 104 cm³/mol. The van der Waals surface area contributed by atoms with Gasteiger partial charge in [0.2, 0.25) is 0 Å². The van der Waals surface area contributed by atoms with Crippen molar-refractivity contribution in [3.8, 4) is 17.3 Å². The lowest BCUT2D eigenvalue weighted by Crippen LogP contribution is -2.25. The average molecular weight is 388 g/mol. The third kappa shape index (κ3) is 2.87. The Labute approximate surface area is 162 Å². The predicted octanol–water partition coefficient (Wildman–Crippen LogP) is 4.41. The summed E-state index contributed by atoms with van der Waals surface area (Å²) in [5.74, 6) is 2.18. The molecule has 1 saturated carbocycles. The summed E-state index contributed by atoms with van der Waals surface area (Å²) in [7, 11) is 0. The number of nitrogen functional groups attached to an aromatic ring is 1. The molecule has 0 radical (unpaired) electrons. The van der Waals surface area contributed by atoms with Crippen molar-refractivity contribution >= 4 is 34.8 Å². The topological polar surface area (TPSA) is 78.8 Å². The number of rotatable bonds is 2. The highest BCUT2D eigenvalue weighted by Gasteiger charge is 2.47. The van der Waals surface area contributed by atoms with Gasteiger partial charge in [-0.1, -0.05) is 35.3 Å². The molecular formula is C19H19Cl2N5. The fraction of sp³-hybridized carbons (Fsp3) is 0.421. The van der Waals surface area contributed by atoms with Gasteiger partial charge < -0.3 is 10.6 Å². The van der Waals surface area contributed by atoms with Crippen LogP contribution in [0, 0.1) is 28.6 Å². The number of nitrogens with two attached hydrogens (primary N) is 1. The van der Waals surface area contributed by atoms with E-state index >= 15 is 0 Å². The molecule has 1 aromatic carbocycles. The molecule has 2 aliphatic rings. The quantitative estimate of drug-likeness (QED) is 0.825. The zero-order valence-corrected chi connectivity index (χ0v) is 15.9. The first-order valence-corrected chi connectivity index (χ1v) is 9.39. The van der Waals surface area contributed by atoms with E-state index in [1.165, 1.54) is 0 Å². The summed E-state index contributed by atoms with van der Waals surface area (Å²) in [6, 6.07) is 7.85. The molecule has 1 unspecified atom stereocenters. The number of fused-ring (bicyclic) bond motifs is 1. The number of halogens is 2. The Hall–Kier alpha value is -2.03. The van der Waals surface area contributed by atoms with Crippen LogP contribution in [-0.2, 0) is 0 Å². The minimum absolute atomic E-state index is 0.181. The number of nitriles is 1. The van der Waals surface area contributed by atoms with Gasteiger partial charge in [-0.25, -0.2) is 9.97 Å². The van der Waals surface area contributed by atoms with Crippen molar-refractivity contribution in [2.24, 2.45) is 17.3 Å². The average Bonchev–Trinajstić information content (AvgIpc) is 3.13. The lowest BCUT2D eigenvalue weighted by atomic mass is 9.89. The van der Waals surface area contributed by atoms with Gasteiger partial charge in [0.15, 0.2) is 5.82 Å². The molecule has 1 aromatic heterocycles. The highest BCUT2D eigenvalue weighted by Crippen LogP contribution is 2.49. The molecule has 0 bridgehead atoms. The van der Waals surface area contributed by atoms with Gasteiger partial charge in [0.25, 0.3) is 0 Å². The Bertz CT molecular complexity index is 893. The van der Waals surface area contributed by atoms with Crippen LogP contribution in [0.2, 0.25) is 10.0 Å². The number of benzene rings is 1. The first-order chi connectivity index (χ1) is 12.4. The molecule has 5 nitrogen and oxygen atoms in total.